The Morgan fingerprint density at radius 2 is 1.80 bits per heavy atom. The third kappa shape index (κ3) is 2.28. The summed E-state index contributed by atoms with van der Waals surface area (Å²) < 4.78 is 2.09. The van der Waals surface area contributed by atoms with Gasteiger partial charge in [0.15, 0.2) is 0 Å². The zero-order valence-electron chi connectivity index (χ0n) is 11.0. The van der Waals surface area contributed by atoms with Crippen LogP contribution in [0.3, 0.4) is 0 Å². The number of nitrogens with two attached hydrogens (primary N) is 1. The van der Waals surface area contributed by atoms with Gasteiger partial charge in [-0.15, -0.1) is 0 Å². The van der Waals surface area contributed by atoms with Crippen molar-refractivity contribution in [2.45, 2.75) is 12.5 Å². The van der Waals surface area contributed by atoms with Crippen LogP contribution in [0.25, 0.3) is 11.0 Å². The van der Waals surface area contributed by atoms with Crippen molar-refractivity contribution in [1.29, 1.82) is 5.41 Å². The minimum atomic E-state index is 0.00102. The Hall–Kier alpha value is -2.62. The molecule has 4 nitrogen and oxygen atoms in total. The summed E-state index contributed by atoms with van der Waals surface area (Å²) in [4.78, 5) is 4.42. The van der Waals surface area contributed by atoms with E-state index in [0.717, 1.165) is 16.6 Å². The maximum Gasteiger partial charge on any atom is 0.0964 e. The summed E-state index contributed by atoms with van der Waals surface area (Å²) in [5.41, 5.74) is 8.77. The Bertz CT molecular complexity index is 730. The van der Waals surface area contributed by atoms with Crippen molar-refractivity contribution < 1.29 is 0 Å². The summed E-state index contributed by atoms with van der Waals surface area (Å²) >= 11 is 0. The number of benzene rings is 2. The molecule has 1 atom stereocenters. The second-order valence-corrected chi connectivity index (χ2v) is 4.80. The van der Waals surface area contributed by atoms with Gasteiger partial charge in [-0.05, 0) is 17.7 Å². The minimum Gasteiger partial charge on any atom is -0.388 e. The maximum absolute atomic E-state index is 7.63. The quantitative estimate of drug-likeness (QED) is 0.562. The van der Waals surface area contributed by atoms with Crippen LogP contribution >= 0.6 is 0 Å². The molecule has 20 heavy (non-hydrogen) atoms. The molecule has 0 saturated heterocycles. The molecule has 0 aliphatic carbocycles. The average molecular weight is 264 g/mol. The number of imidazole rings is 1. The van der Waals surface area contributed by atoms with Gasteiger partial charge in [-0.25, -0.2) is 4.98 Å². The van der Waals surface area contributed by atoms with Gasteiger partial charge in [-0.2, -0.15) is 0 Å². The molecule has 0 amide bonds. The molecule has 4 heteroatoms. The Morgan fingerprint density at radius 1 is 1.10 bits per heavy atom. The van der Waals surface area contributed by atoms with E-state index >= 15 is 0 Å². The van der Waals surface area contributed by atoms with Crippen LogP contribution in [0.5, 0.6) is 0 Å². The number of fused-ring (bicyclic) bond motifs is 1. The van der Waals surface area contributed by atoms with Gasteiger partial charge in [-0.1, -0.05) is 42.5 Å². The van der Waals surface area contributed by atoms with Gasteiger partial charge in [0.25, 0.3) is 0 Å². The average Bonchev–Trinajstić information content (AvgIpc) is 2.89. The molecule has 0 radical (unpaired) electrons. The predicted molar refractivity (Wildman–Crippen MR) is 80.8 cm³/mol. The van der Waals surface area contributed by atoms with Gasteiger partial charge in [-0.3, -0.25) is 5.41 Å². The molecule has 3 aromatic rings. The lowest BCUT2D eigenvalue weighted by atomic mass is 10.0. The zero-order valence-corrected chi connectivity index (χ0v) is 11.0. The van der Waals surface area contributed by atoms with Crippen LogP contribution < -0.4 is 5.73 Å². The van der Waals surface area contributed by atoms with Gasteiger partial charge in [0, 0.05) is 6.42 Å². The standard InChI is InChI=1S/C16H16N4/c17-16(18)10-15(12-6-2-1-3-7-12)20-11-19-13-8-4-5-9-14(13)20/h1-9,11,15H,10H2,(H3,17,18). The van der Waals surface area contributed by atoms with E-state index in [0.29, 0.717) is 6.42 Å². The second-order valence-electron chi connectivity index (χ2n) is 4.80. The number of rotatable bonds is 4. The molecule has 0 fully saturated rings. The molecule has 1 heterocycles. The summed E-state index contributed by atoms with van der Waals surface area (Å²) in [6.07, 6.45) is 2.30. The summed E-state index contributed by atoms with van der Waals surface area (Å²) in [6, 6.07) is 18.1. The fourth-order valence-electron chi connectivity index (χ4n) is 2.49. The van der Waals surface area contributed by atoms with E-state index in [-0.39, 0.29) is 11.9 Å². The largest absolute Gasteiger partial charge is 0.388 e. The normalized spacial score (nSPS) is 12.4. The monoisotopic (exact) mass is 264 g/mol. The highest BCUT2D eigenvalue weighted by Gasteiger charge is 2.17. The first-order chi connectivity index (χ1) is 9.75. The van der Waals surface area contributed by atoms with Crippen LogP contribution in [0.4, 0.5) is 0 Å². The first-order valence-electron chi connectivity index (χ1n) is 6.55. The SMILES string of the molecule is N=C(N)CC(c1ccccc1)n1cnc2ccccc21. The molecule has 0 spiro atoms. The number of aromatic nitrogens is 2. The van der Waals surface area contributed by atoms with Crippen LogP contribution in [-0.2, 0) is 0 Å². The van der Waals surface area contributed by atoms with Crippen LogP contribution in [0.2, 0.25) is 0 Å². The lowest BCUT2D eigenvalue weighted by Crippen LogP contribution is -2.19. The highest BCUT2D eigenvalue weighted by atomic mass is 15.1. The number of amidine groups is 1. The van der Waals surface area contributed by atoms with Gasteiger partial charge < -0.3 is 10.3 Å². The van der Waals surface area contributed by atoms with Crippen LogP contribution in [0, 0.1) is 5.41 Å². The van der Waals surface area contributed by atoms with Gasteiger partial charge >= 0.3 is 0 Å². The summed E-state index contributed by atoms with van der Waals surface area (Å²) in [5, 5.41) is 7.63. The van der Waals surface area contributed by atoms with Gasteiger partial charge in [0.2, 0.25) is 0 Å². The molecule has 0 saturated carbocycles. The van der Waals surface area contributed by atoms with Crippen LogP contribution in [-0.4, -0.2) is 15.4 Å². The fraction of sp³-hybridized carbons (Fsp3) is 0.125. The summed E-state index contributed by atoms with van der Waals surface area (Å²) in [7, 11) is 0. The number of para-hydroxylation sites is 2. The van der Waals surface area contributed by atoms with Crippen molar-refractivity contribution in [2.75, 3.05) is 0 Å². The topological polar surface area (TPSA) is 67.7 Å². The lowest BCUT2D eigenvalue weighted by molar-refractivity contribution is 0.619. The van der Waals surface area contributed by atoms with E-state index in [1.54, 1.807) is 0 Å². The number of hydrogen-bond donors (Lipinski definition) is 2. The number of nitrogens with zero attached hydrogens (tertiary/aromatic N) is 2. The van der Waals surface area contributed by atoms with Gasteiger partial charge in [0.1, 0.15) is 0 Å². The third-order valence-electron chi connectivity index (χ3n) is 3.41. The molecular formula is C16H16N4. The van der Waals surface area contributed by atoms with Gasteiger partial charge in [0.05, 0.1) is 29.2 Å². The van der Waals surface area contributed by atoms with E-state index in [1.165, 1.54) is 0 Å². The smallest absolute Gasteiger partial charge is 0.0964 e. The van der Waals surface area contributed by atoms with Crippen LogP contribution in [0.1, 0.15) is 18.0 Å². The van der Waals surface area contributed by atoms with Crippen molar-refractivity contribution in [3.8, 4) is 0 Å². The Labute approximate surface area is 117 Å². The second kappa shape index (κ2) is 5.17. The van der Waals surface area contributed by atoms with E-state index in [4.69, 9.17) is 11.1 Å². The van der Waals surface area contributed by atoms with Crippen molar-refractivity contribution in [2.24, 2.45) is 5.73 Å². The third-order valence-corrected chi connectivity index (χ3v) is 3.41. The maximum atomic E-state index is 7.63. The van der Waals surface area contributed by atoms with Crippen molar-refractivity contribution in [3.63, 3.8) is 0 Å². The molecule has 0 aliphatic heterocycles. The fourth-order valence-corrected chi connectivity index (χ4v) is 2.49. The van der Waals surface area contributed by atoms with E-state index in [9.17, 15) is 0 Å². The minimum absolute atomic E-state index is 0.00102. The molecular weight excluding hydrogens is 248 g/mol. The number of nitrogens with one attached hydrogen (secondary N) is 1. The summed E-state index contributed by atoms with van der Waals surface area (Å²) in [6.45, 7) is 0. The Morgan fingerprint density at radius 3 is 2.55 bits per heavy atom. The summed E-state index contributed by atoms with van der Waals surface area (Å²) in [5.74, 6) is 0.177. The molecule has 3 N–H and O–H groups in total. The predicted octanol–water partition coefficient (Wildman–Crippen LogP) is 2.95. The molecule has 1 aromatic heterocycles. The van der Waals surface area contributed by atoms with Crippen LogP contribution in [0.15, 0.2) is 60.9 Å². The molecule has 1 unspecified atom stereocenters. The molecule has 0 bridgehead atoms. The van der Waals surface area contributed by atoms with E-state index < -0.39 is 0 Å². The first kappa shape index (κ1) is 12.4. The highest BCUT2D eigenvalue weighted by molar-refractivity contribution is 5.79. The van der Waals surface area contributed by atoms with E-state index in [1.807, 2.05) is 48.8 Å². The van der Waals surface area contributed by atoms with E-state index in [2.05, 4.69) is 21.7 Å². The molecule has 100 valence electrons. The Balaban J connectivity index is 2.12. The lowest BCUT2D eigenvalue weighted by Gasteiger charge is -2.19. The first-order valence-corrected chi connectivity index (χ1v) is 6.55. The Kier molecular flexibility index (Phi) is 3.21. The highest BCUT2D eigenvalue weighted by Crippen LogP contribution is 2.26. The van der Waals surface area contributed by atoms with Crippen molar-refractivity contribution in [1.82, 2.24) is 9.55 Å². The van der Waals surface area contributed by atoms with Crippen molar-refractivity contribution in [3.05, 3.63) is 66.5 Å². The molecule has 3 rings (SSSR count). The van der Waals surface area contributed by atoms with Crippen molar-refractivity contribution >= 4 is 16.9 Å². The molecule has 0 aliphatic rings. The molecule has 2 aromatic carbocycles. The number of hydrogen-bond acceptors (Lipinski definition) is 2. The zero-order chi connectivity index (χ0) is 13.9.